The van der Waals surface area contributed by atoms with Gasteiger partial charge in [-0.05, 0) is 50.0 Å². The van der Waals surface area contributed by atoms with E-state index < -0.39 is 12.0 Å². The first-order valence-electron chi connectivity index (χ1n) is 7.92. The van der Waals surface area contributed by atoms with Gasteiger partial charge in [-0.2, -0.15) is 0 Å². The molecule has 0 spiro atoms. The molecule has 1 unspecified atom stereocenters. The molecule has 1 heterocycles. The Morgan fingerprint density at radius 2 is 1.81 bits per heavy atom. The molecule has 4 nitrogen and oxygen atoms in total. The van der Waals surface area contributed by atoms with E-state index in [0.717, 1.165) is 43.7 Å². The van der Waals surface area contributed by atoms with Crippen LogP contribution in [0.3, 0.4) is 0 Å². The summed E-state index contributed by atoms with van der Waals surface area (Å²) in [5.74, 6) is 0.0414. The fourth-order valence-electron chi connectivity index (χ4n) is 2.83. The highest BCUT2D eigenvalue weighted by Gasteiger charge is 2.27. The molecule has 1 aliphatic rings. The van der Waals surface area contributed by atoms with Crippen molar-refractivity contribution in [2.24, 2.45) is 0 Å². The van der Waals surface area contributed by atoms with Crippen LogP contribution in [0.15, 0.2) is 24.3 Å². The number of carbonyl (C=O) groups is 1. The Morgan fingerprint density at radius 1 is 1.19 bits per heavy atom. The van der Waals surface area contributed by atoms with Crippen molar-refractivity contribution >= 4 is 5.97 Å². The van der Waals surface area contributed by atoms with Crippen LogP contribution in [-0.2, 0) is 4.79 Å². The van der Waals surface area contributed by atoms with Gasteiger partial charge in [0.25, 0.3) is 0 Å². The van der Waals surface area contributed by atoms with E-state index in [2.05, 4.69) is 11.8 Å². The van der Waals surface area contributed by atoms with Crippen LogP contribution in [-0.4, -0.2) is 35.7 Å². The number of hydrogen-bond acceptors (Lipinski definition) is 3. The molecule has 0 amide bonds. The minimum absolute atomic E-state index is 0.539. The number of hydrogen-bond donors (Lipinski definition) is 1. The van der Waals surface area contributed by atoms with Gasteiger partial charge >= 0.3 is 5.97 Å². The van der Waals surface area contributed by atoms with Gasteiger partial charge in [0.2, 0.25) is 0 Å². The average Bonchev–Trinajstić information content (AvgIpc) is 2.75. The summed E-state index contributed by atoms with van der Waals surface area (Å²) in [5.41, 5.74) is 0.841. The molecule has 2 rings (SSSR count). The number of carboxylic acids is 1. The zero-order chi connectivity index (χ0) is 15.1. The summed E-state index contributed by atoms with van der Waals surface area (Å²) in [7, 11) is 0. The maximum Gasteiger partial charge on any atom is 0.325 e. The summed E-state index contributed by atoms with van der Waals surface area (Å²) in [5, 5.41) is 9.61. The zero-order valence-electron chi connectivity index (χ0n) is 12.8. The van der Waals surface area contributed by atoms with Gasteiger partial charge in [0.1, 0.15) is 11.8 Å². The summed E-state index contributed by atoms with van der Waals surface area (Å²) in [4.78, 5) is 13.8. The van der Waals surface area contributed by atoms with Crippen LogP contribution in [0.25, 0.3) is 0 Å². The number of rotatable bonds is 6. The monoisotopic (exact) mass is 291 g/mol. The van der Waals surface area contributed by atoms with Crippen LogP contribution in [0.5, 0.6) is 5.75 Å². The number of carboxylic acid groups (broad SMARTS) is 1. The quantitative estimate of drug-likeness (QED) is 0.872. The third-order valence-electron chi connectivity index (χ3n) is 3.91. The van der Waals surface area contributed by atoms with Gasteiger partial charge in [0.05, 0.1) is 6.61 Å². The number of nitrogens with zero attached hydrogens (tertiary/aromatic N) is 1. The lowest BCUT2D eigenvalue weighted by Crippen LogP contribution is -2.34. The van der Waals surface area contributed by atoms with Crippen molar-refractivity contribution in [3.8, 4) is 5.75 Å². The minimum atomic E-state index is -0.765. The van der Waals surface area contributed by atoms with E-state index in [-0.39, 0.29) is 0 Å². The molecular formula is C17H25NO3. The summed E-state index contributed by atoms with van der Waals surface area (Å²) in [6.45, 7) is 4.48. The highest BCUT2D eigenvalue weighted by atomic mass is 16.5. The summed E-state index contributed by atoms with van der Waals surface area (Å²) >= 11 is 0. The second-order valence-corrected chi connectivity index (χ2v) is 5.61. The topological polar surface area (TPSA) is 49.8 Å². The fourth-order valence-corrected chi connectivity index (χ4v) is 2.83. The Balaban J connectivity index is 2.11. The van der Waals surface area contributed by atoms with Gasteiger partial charge in [0.15, 0.2) is 0 Å². The molecule has 116 valence electrons. The van der Waals surface area contributed by atoms with Gasteiger partial charge in [-0.3, -0.25) is 9.69 Å². The standard InChI is InChI=1S/C17H25NO3/c1-2-13-21-15-9-7-14(8-10-15)16(17(19)20)18-11-5-3-4-6-12-18/h7-10,16H,2-6,11-13H2,1H3,(H,19,20). The highest BCUT2D eigenvalue weighted by Crippen LogP contribution is 2.26. The molecular weight excluding hydrogens is 266 g/mol. The van der Waals surface area contributed by atoms with Crippen molar-refractivity contribution in [2.75, 3.05) is 19.7 Å². The third-order valence-corrected chi connectivity index (χ3v) is 3.91. The van der Waals surface area contributed by atoms with Crippen LogP contribution in [0.1, 0.15) is 50.6 Å². The van der Waals surface area contributed by atoms with Crippen LogP contribution in [0.4, 0.5) is 0 Å². The molecule has 1 aromatic rings. The maximum atomic E-state index is 11.7. The first-order chi connectivity index (χ1) is 10.2. The van der Waals surface area contributed by atoms with Crippen molar-refractivity contribution in [3.05, 3.63) is 29.8 Å². The van der Waals surface area contributed by atoms with E-state index in [1.165, 1.54) is 12.8 Å². The lowest BCUT2D eigenvalue weighted by atomic mass is 10.0. The maximum absolute atomic E-state index is 11.7. The molecule has 1 N–H and O–H groups in total. The molecule has 1 aromatic carbocycles. The Kier molecular flexibility index (Phi) is 6.05. The molecule has 21 heavy (non-hydrogen) atoms. The van der Waals surface area contributed by atoms with Gasteiger partial charge in [-0.15, -0.1) is 0 Å². The second kappa shape index (κ2) is 8.03. The lowest BCUT2D eigenvalue weighted by molar-refractivity contribution is -0.143. The predicted molar refractivity (Wildman–Crippen MR) is 82.6 cm³/mol. The van der Waals surface area contributed by atoms with Crippen molar-refractivity contribution in [1.82, 2.24) is 4.90 Å². The van der Waals surface area contributed by atoms with E-state index in [1.807, 2.05) is 24.3 Å². The molecule has 1 fully saturated rings. The number of likely N-dealkylation sites (tertiary alicyclic amines) is 1. The molecule has 1 atom stereocenters. The van der Waals surface area contributed by atoms with Crippen LogP contribution in [0.2, 0.25) is 0 Å². The van der Waals surface area contributed by atoms with Gasteiger partial charge in [-0.1, -0.05) is 31.9 Å². The average molecular weight is 291 g/mol. The molecule has 1 aliphatic heterocycles. The van der Waals surface area contributed by atoms with E-state index >= 15 is 0 Å². The summed E-state index contributed by atoms with van der Waals surface area (Å²) in [6.07, 6.45) is 5.54. The fraction of sp³-hybridized carbons (Fsp3) is 0.588. The smallest absolute Gasteiger partial charge is 0.325 e. The van der Waals surface area contributed by atoms with Gasteiger partial charge in [0, 0.05) is 0 Å². The highest BCUT2D eigenvalue weighted by molar-refractivity contribution is 5.75. The van der Waals surface area contributed by atoms with E-state index in [4.69, 9.17) is 4.74 Å². The van der Waals surface area contributed by atoms with E-state index in [0.29, 0.717) is 6.61 Å². The molecule has 0 radical (unpaired) electrons. The summed E-state index contributed by atoms with van der Waals surface area (Å²) in [6, 6.07) is 6.98. The Morgan fingerprint density at radius 3 is 2.33 bits per heavy atom. The molecule has 4 heteroatoms. The Labute approximate surface area is 126 Å². The largest absolute Gasteiger partial charge is 0.494 e. The normalized spacial score (nSPS) is 18.0. The first-order valence-corrected chi connectivity index (χ1v) is 7.92. The van der Waals surface area contributed by atoms with Gasteiger partial charge < -0.3 is 9.84 Å². The van der Waals surface area contributed by atoms with E-state index in [9.17, 15) is 9.90 Å². The third kappa shape index (κ3) is 4.46. The first kappa shape index (κ1) is 15.8. The van der Waals surface area contributed by atoms with Crippen LogP contribution >= 0.6 is 0 Å². The predicted octanol–water partition coefficient (Wildman–Crippen LogP) is 3.48. The number of ether oxygens (including phenoxy) is 1. The SMILES string of the molecule is CCCOc1ccc(C(C(=O)O)N2CCCCCC2)cc1. The summed E-state index contributed by atoms with van der Waals surface area (Å²) < 4.78 is 5.55. The van der Waals surface area contributed by atoms with Crippen LogP contribution < -0.4 is 4.74 Å². The number of benzene rings is 1. The zero-order valence-corrected chi connectivity index (χ0v) is 12.8. The van der Waals surface area contributed by atoms with Crippen molar-refractivity contribution in [1.29, 1.82) is 0 Å². The molecule has 0 aromatic heterocycles. The minimum Gasteiger partial charge on any atom is -0.494 e. The van der Waals surface area contributed by atoms with E-state index in [1.54, 1.807) is 0 Å². The van der Waals surface area contributed by atoms with Gasteiger partial charge in [-0.25, -0.2) is 0 Å². The Bertz CT molecular complexity index is 436. The second-order valence-electron chi connectivity index (χ2n) is 5.61. The Hall–Kier alpha value is -1.55. The molecule has 0 aliphatic carbocycles. The van der Waals surface area contributed by atoms with Crippen molar-refractivity contribution in [2.45, 2.75) is 45.1 Å². The van der Waals surface area contributed by atoms with Crippen molar-refractivity contribution < 1.29 is 14.6 Å². The lowest BCUT2D eigenvalue weighted by Gasteiger charge is -2.27. The van der Waals surface area contributed by atoms with Crippen molar-refractivity contribution in [3.63, 3.8) is 0 Å². The molecule has 0 saturated carbocycles. The molecule has 1 saturated heterocycles. The number of aliphatic carboxylic acids is 1. The molecule has 0 bridgehead atoms. The van der Waals surface area contributed by atoms with Crippen LogP contribution in [0, 0.1) is 0 Å².